The van der Waals surface area contributed by atoms with E-state index in [1.807, 2.05) is 36.4 Å². The molecule has 230 valence electrons. The van der Waals surface area contributed by atoms with Gasteiger partial charge in [0, 0.05) is 16.9 Å². The summed E-state index contributed by atoms with van der Waals surface area (Å²) < 4.78 is 14.1. The van der Waals surface area contributed by atoms with Gasteiger partial charge in [0.15, 0.2) is 0 Å². The number of para-hydroxylation sites is 1. The third-order valence-electron chi connectivity index (χ3n) is 10.7. The number of carbonyl (C=O) groups is 4. The molecule has 6 atom stereocenters. The predicted molar refractivity (Wildman–Crippen MR) is 171 cm³/mol. The summed E-state index contributed by atoms with van der Waals surface area (Å²) in [5, 5.41) is 13.0. The van der Waals surface area contributed by atoms with Crippen molar-refractivity contribution in [3.8, 4) is 5.75 Å². The van der Waals surface area contributed by atoms with Crippen LogP contribution in [-0.2, 0) is 19.2 Å². The van der Waals surface area contributed by atoms with E-state index in [1.54, 1.807) is 43.3 Å². The topological polar surface area (TPSA) is 95.0 Å². The van der Waals surface area contributed by atoms with E-state index in [0.717, 1.165) is 21.9 Å². The van der Waals surface area contributed by atoms with E-state index in [-0.39, 0.29) is 41.1 Å². The Hall–Kier alpha value is -4.82. The molecule has 6 unspecified atom stereocenters. The first-order valence-corrected chi connectivity index (χ1v) is 15.7. The van der Waals surface area contributed by atoms with E-state index >= 15 is 0 Å². The normalized spacial score (nSPS) is 28.8. The van der Waals surface area contributed by atoms with Crippen molar-refractivity contribution < 1.29 is 28.7 Å². The third kappa shape index (κ3) is 3.76. The second-order valence-electron chi connectivity index (χ2n) is 12.8. The molecule has 4 amide bonds. The Labute approximate surface area is 268 Å². The van der Waals surface area contributed by atoms with Crippen LogP contribution in [0.5, 0.6) is 5.75 Å². The maximum absolute atomic E-state index is 14.6. The Morgan fingerprint density at radius 2 is 1.57 bits per heavy atom. The number of halogens is 2. The molecule has 0 radical (unpaired) electrons. The largest absolute Gasteiger partial charge is 0.507 e. The summed E-state index contributed by atoms with van der Waals surface area (Å²) in [6, 6.07) is 23.5. The van der Waals surface area contributed by atoms with Gasteiger partial charge in [-0.2, -0.15) is 0 Å². The van der Waals surface area contributed by atoms with Gasteiger partial charge in [0.2, 0.25) is 23.6 Å². The number of amides is 4. The molecule has 2 aliphatic heterocycles. The van der Waals surface area contributed by atoms with Crippen LogP contribution < -0.4 is 9.80 Å². The first kappa shape index (κ1) is 28.6. The van der Waals surface area contributed by atoms with Crippen molar-refractivity contribution >= 4 is 57.4 Å². The van der Waals surface area contributed by atoms with Crippen LogP contribution in [0.4, 0.5) is 15.8 Å². The molecule has 1 N–H and O–H groups in total. The van der Waals surface area contributed by atoms with E-state index in [9.17, 15) is 28.7 Å². The number of imide groups is 2. The monoisotopic (exact) mass is 634 g/mol. The number of fused-ring (bicyclic) bond motifs is 5. The molecule has 1 saturated carbocycles. The molecule has 7 nitrogen and oxygen atoms in total. The Kier molecular flexibility index (Phi) is 6.28. The summed E-state index contributed by atoms with van der Waals surface area (Å²) in [5.41, 5.74) is 0.511. The van der Waals surface area contributed by atoms with Gasteiger partial charge >= 0.3 is 0 Å². The van der Waals surface area contributed by atoms with Gasteiger partial charge in [-0.05, 0) is 61.4 Å². The highest BCUT2D eigenvalue weighted by Crippen LogP contribution is 2.64. The van der Waals surface area contributed by atoms with Gasteiger partial charge in [-0.15, -0.1) is 0 Å². The zero-order valence-corrected chi connectivity index (χ0v) is 25.4. The van der Waals surface area contributed by atoms with Crippen LogP contribution in [0.2, 0.25) is 5.02 Å². The molecule has 2 aliphatic carbocycles. The number of phenols is 1. The van der Waals surface area contributed by atoms with Gasteiger partial charge in [0.25, 0.3) is 0 Å². The molecule has 0 spiro atoms. The number of carbonyl (C=O) groups excluding carboxylic acids is 4. The molecule has 0 aromatic heterocycles. The number of hydrogen-bond acceptors (Lipinski definition) is 5. The lowest BCUT2D eigenvalue weighted by atomic mass is 9.51. The predicted octanol–water partition coefficient (Wildman–Crippen LogP) is 6.77. The van der Waals surface area contributed by atoms with Crippen molar-refractivity contribution in [2.24, 2.45) is 29.1 Å². The van der Waals surface area contributed by atoms with Gasteiger partial charge in [0.05, 0.1) is 39.6 Å². The molecule has 4 aromatic rings. The summed E-state index contributed by atoms with van der Waals surface area (Å²) in [6.07, 6.45) is 2.39. The van der Waals surface area contributed by atoms with E-state index in [1.165, 1.54) is 17.0 Å². The number of benzene rings is 4. The standard InChI is InChI=1S/C37H28ClFN2O5/c1-37-27(34(44)41(36(37)46)21-12-16-29(39)28(38)17-21)18-26-23(31(37)25-13-11-19-7-5-6-10-22(19)32(25)42)14-15-24-30(26)35(45)40(33(24)43)20-8-3-2-4-9-20/h2-14,16-17,24,26-27,30-31,42H,15,18H2,1H3. The highest BCUT2D eigenvalue weighted by molar-refractivity contribution is 6.32. The average Bonchev–Trinajstić information content (AvgIpc) is 3.43. The maximum Gasteiger partial charge on any atom is 0.241 e. The lowest BCUT2D eigenvalue weighted by Gasteiger charge is -2.49. The van der Waals surface area contributed by atoms with Gasteiger partial charge < -0.3 is 5.11 Å². The molecular weight excluding hydrogens is 607 g/mol. The van der Waals surface area contributed by atoms with Crippen LogP contribution in [0.15, 0.2) is 96.6 Å². The van der Waals surface area contributed by atoms with Crippen LogP contribution >= 0.6 is 11.6 Å². The number of phenolic OH excluding ortho intramolecular Hbond substituents is 1. The summed E-state index contributed by atoms with van der Waals surface area (Å²) >= 11 is 6.09. The van der Waals surface area contributed by atoms with Crippen LogP contribution in [0.25, 0.3) is 10.8 Å². The lowest BCUT2D eigenvalue weighted by molar-refractivity contribution is -0.131. The van der Waals surface area contributed by atoms with Gasteiger partial charge in [-0.25, -0.2) is 9.29 Å². The Morgan fingerprint density at radius 3 is 2.33 bits per heavy atom. The molecule has 9 heteroatoms. The Balaban J connectivity index is 1.31. The molecular formula is C37H28ClFN2O5. The quantitative estimate of drug-likeness (QED) is 0.198. The number of anilines is 2. The SMILES string of the molecule is CC12C(=O)N(c3ccc(F)c(Cl)c3)C(=O)C1CC1C(=CCC3C(=O)N(c4ccccc4)C(=O)C31)C2c1ccc2ccccc2c1O. The van der Waals surface area contributed by atoms with Crippen LogP contribution in [0.1, 0.15) is 31.2 Å². The number of aromatic hydroxyl groups is 1. The number of rotatable bonds is 3. The Morgan fingerprint density at radius 1 is 0.826 bits per heavy atom. The fourth-order valence-corrected chi connectivity index (χ4v) is 8.74. The van der Waals surface area contributed by atoms with Gasteiger partial charge in [-0.3, -0.25) is 24.1 Å². The second-order valence-corrected chi connectivity index (χ2v) is 13.2. The highest BCUT2D eigenvalue weighted by Gasteiger charge is 2.68. The van der Waals surface area contributed by atoms with Crippen molar-refractivity contribution in [2.75, 3.05) is 9.80 Å². The first-order valence-electron chi connectivity index (χ1n) is 15.3. The number of allylic oxidation sites excluding steroid dienone is 2. The van der Waals surface area contributed by atoms with Crippen molar-refractivity contribution in [1.29, 1.82) is 0 Å². The molecule has 2 heterocycles. The van der Waals surface area contributed by atoms with Gasteiger partial charge in [-0.1, -0.05) is 77.8 Å². The zero-order chi connectivity index (χ0) is 32.1. The van der Waals surface area contributed by atoms with E-state index in [0.29, 0.717) is 16.6 Å². The summed E-state index contributed by atoms with van der Waals surface area (Å²) in [5.74, 6) is -5.85. The summed E-state index contributed by atoms with van der Waals surface area (Å²) in [7, 11) is 0. The first-order chi connectivity index (χ1) is 22.1. The van der Waals surface area contributed by atoms with E-state index < -0.39 is 52.6 Å². The molecule has 46 heavy (non-hydrogen) atoms. The molecule has 2 saturated heterocycles. The van der Waals surface area contributed by atoms with Gasteiger partial charge in [0.1, 0.15) is 11.6 Å². The van der Waals surface area contributed by atoms with Crippen LogP contribution in [0, 0.1) is 34.9 Å². The second kappa shape index (κ2) is 10.1. The molecule has 4 aliphatic rings. The average molecular weight is 635 g/mol. The van der Waals surface area contributed by atoms with Crippen molar-refractivity contribution in [3.63, 3.8) is 0 Å². The number of nitrogens with zero attached hydrogens (tertiary/aromatic N) is 2. The summed E-state index contributed by atoms with van der Waals surface area (Å²) in [6.45, 7) is 1.74. The lowest BCUT2D eigenvalue weighted by Crippen LogP contribution is -2.48. The molecule has 3 fully saturated rings. The van der Waals surface area contributed by atoms with E-state index in [4.69, 9.17) is 11.6 Å². The molecule has 4 aromatic carbocycles. The minimum Gasteiger partial charge on any atom is -0.507 e. The fourth-order valence-electron chi connectivity index (χ4n) is 8.57. The minimum absolute atomic E-state index is 0.00462. The molecule has 0 bridgehead atoms. The van der Waals surface area contributed by atoms with Crippen molar-refractivity contribution in [2.45, 2.75) is 25.7 Å². The zero-order valence-electron chi connectivity index (χ0n) is 24.7. The fraction of sp³-hybridized carbons (Fsp3) is 0.243. The van der Waals surface area contributed by atoms with Crippen molar-refractivity contribution in [1.82, 2.24) is 0 Å². The van der Waals surface area contributed by atoms with E-state index in [2.05, 4.69) is 0 Å². The van der Waals surface area contributed by atoms with Crippen LogP contribution in [0.3, 0.4) is 0 Å². The minimum atomic E-state index is -1.36. The number of hydrogen-bond donors (Lipinski definition) is 1. The maximum atomic E-state index is 14.6. The highest BCUT2D eigenvalue weighted by atomic mass is 35.5. The third-order valence-corrected chi connectivity index (χ3v) is 11.0. The van der Waals surface area contributed by atoms with Crippen molar-refractivity contribution in [3.05, 3.63) is 113 Å². The summed E-state index contributed by atoms with van der Waals surface area (Å²) in [4.78, 5) is 59.2. The molecule has 8 rings (SSSR count). The Bertz CT molecular complexity index is 2050. The van der Waals surface area contributed by atoms with Crippen LogP contribution in [-0.4, -0.2) is 28.7 Å². The smallest absolute Gasteiger partial charge is 0.241 e.